The molecule has 0 aromatic heterocycles. The number of hydrogen-bond donors (Lipinski definition) is 3. The third kappa shape index (κ3) is 2.25. The first-order valence-electron chi connectivity index (χ1n) is 5.52. The molecule has 0 spiro atoms. The van der Waals surface area contributed by atoms with Gasteiger partial charge in [0, 0.05) is 31.1 Å². The summed E-state index contributed by atoms with van der Waals surface area (Å²) in [7, 11) is 0. The van der Waals surface area contributed by atoms with Crippen LogP contribution in [0.15, 0.2) is 0 Å². The second-order valence-electron chi connectivity index (χ2n) is 4.47. The van der Waals surface area contributed by atoms with Gasteiger partial charge in [-0.25, -0.2) is 0 Å². The van der Waals surface area contributed by atoms with Crippen LogP contribution in [0.2, 0.25) is 0 Å². The van der Waals surface area contributed by atoms with Crippen LogP contribution in [0.25, 0.3) is 0 Å². The molecule has 1 aliphatic carbocycles. The van der Waals surface area contributed by atoms with Gasteiger partial charge in [-0.05, 0) is 25.7 Å². The normalized spacial score (nSPS) is 33.7. The first-order valence-corrected chi connectivity index (χ1v) is 5.52. The SMILES string of the molecule is NC(=O)C1CCC(NC2CNC2)CC1. The highest BCUT2D eigenvalue weighted by atomic mass is 16.1. The van der Waals surface area contributed by atoms with Crippen LogP contribution in [-0.2, 0) is 4.79 Å². The quantitative estimate of drug-likeness (QED) is 0.576. The van der Waals surface area contributed by atoms with E-state index < -0.39 is 0 Å². The first-order chi connectivity index (χ1) is 6.75. The van der Waals surface area contributed by atoms with E-state index in [9.17, 15) is 4.79 Å². The van der Waals surface area contributed by atoms with Gasteiger partial charge in [0.05, 0.1) is 0 Å². The smallest absolute Gasteiger partial charge is 0.220 e. The number of rotatable bonds is 3. The molecule has 0 atom stereocenters. The summed E-state index contributed by atoms with van der Waals surface area (Å²) in [6.45, 7) is 2.19. The van der Waals surface area contributed by atoms with Crippen molar-refractivity contribution in [3.05, 3.63) is 0 Å². The van der Waals surface area contributed by atoms with Crippen LogP contribution in [0.1, 0.15) is 25.7 Å². The zero-order valence-corrected chi connectivity index (χ0v) is 8.46. The molecule has 2 fully saturated rings. The summed E-state index contributed by atoms with van der Waals surface area (Å²) in [5.41, 5.74) is 5.28. The van der Waals surface area contributed by atoms with Crippen LogP contribution in [-0.4, -0.2) is 31.1 Å². The Morgan fingerprint density at radius 2 is 1.79 bits per heavy atom. The van der Waals surface area contributed by atoms with E-state index >= 15 is 0 Å². The van der Waals surface area contributed by atoms with Crippen LogP contribution >= 0.6 is 0 Å². The fourth-order valence-corrected chi connectivity index (χ4v) is 2.28. The van der Waals surface area contributed by atoms with E-state index in [1.165, 1.54) is 0 Å². The molecule has 4 N–H and O–H groups in total. The average Bonchev–Trinajstić information content (AvgIpc) is 2.12. The molecule has 2 rings (SSSR count). The van der Waals surface area contributed by atoms with Crippen molar-refractivity contribution in [2.24, 2.45) is 11.7 Å². The molecule has 4 nitrogen and oxygen atoms in total. The van der Waals surface area contributed by atoms with Gasteiger partial charge in [0.1, 0.15) is 0 Å². The molecular weight excluding hydrogens is 178 g/mol. The Morgan fingerprint density at radius 1 is 1.14 bits per heavy atom. The molecule has 0 unspecified atom stereocenters. The Hall–Kier alpha value is -0.610. The Balaban J connectivity index is 1.69. The average molecular weight is 197 g/mol. The second kappa shape index (κ2) is 4.28. The summed E-state index contributed by atoms with van der Waals surface area (Å²) in [5.74, 6) is 0.0151. The maximum Gasteiger partial charge on any atom is 0.220 e. The molecule has 1 saturated carbocycles. The fraction of sp³-hybridized carbons (Fsp3) is 0.900. The van der Waals surface area contributed by atoms with E-state index in [0.717, 1.165) is 38.8 Å². The third-order valence-electron chi connectivity index (χ3n) is 3.38. The number of nitrogens with two attached hydrogens (primary N) is 1. The van der Waals surface area contributed by atoms with Crippen LogP contribution < -0.4 is 16.4 Å². The van der Waals surface area contributed by atoms with Crippen molar-refractivity contribution in [1.29, 1.82) is 0 Å². The number of hydrogen-bond acceptors (Lipinski definition) is 3. The van der Waals surface area contributed by atoms with Crippen molar-refractivity contribution >= 4 is 5.91 Å². The van der Waals surface area contributed by atoms with Gasteiger partial charge in [0.15, 0.2) is 0 Å². The zero-order valence-electron chi connectivity index (χ0n) is 8.46. The lowest BCUT2D eigenvalue weighted by molar-refractivity contribution is -0.122. The molecule has 4 heteroatoms. The van der Waals surface area contributed by atoms with Crippen LogP contribution in [0, 0.1) is 5.92 Å². The fourth-order valence-electron chi connectivity index (χ4n) is 2.28. The van der Waals surface area contributed by atoms with Gasteiger partial charge < -0.3 is 16.4 Å². The van der Waals surface area contributed by atoms with E-state index in [1.54, 1.807) is 0 Å². The standard InChI is InChI=1S/C10H19N3O/c11-10(14)7-1-3-8(4-2-7)13-9-5-12-6-9/h7-9,12-13H,1-6H2,(H2,11,14). The minimum Gasteiger partial charge on any atom is -0.369 e. The van der Waals surface area contributed by atoms with Gasteiger partial charge in [-0.15, -0.1) is 0 Å². The summed E-state index contributed by atoms with van der Waals surface area (Å²) in [6.07, 6.45) is 4.13. The van der Waals surface area contributed by atoms with Gasteiger partial charge in [0.25, 0.3) is 0 Å². The van der Waals surface area contributed by atoms with Crippen molar-refractivity contribution in [3.63, 3.8) is 0 Å². The molecule has 14 heavy (non-hydrogen) atoms. The second-order valence-corrected chi connectivity index (χ2v) is 4.47. The summed E-state index contributed by atoms with van der Waals surface area (Å²) < 4.78 is 0. The van der Waals surface area contributed by atoms with Crippen LogP contribution in [0.3, 0.4) is 0 Å². The summed E-state index contributed by atoms with van der Waals surface area (Å²) in [4.78, 5) is 10.9. The number of primary amides is 1. The van der Waals surface area contributed by atoms with Gasteiger partial charge in [-0.1, -0.05) is 0 Å². The summed E-state index contributed by atoms with van der Waals surface area (Å²) in [6, 6.07) is 1.27. The van der Waals surface area contributed by atoms with E-state index in [0.29, 0.717) is 12.1 Å². The monoisotopic (exact) mass is 197 g/mol. The lowest BCUT2D eigenvalue weighted by atomic mass is 9.85. The van der Waals surface area contributed by atoms with E-state index in [1.807, 2.05) is 0 Å². The van der Waals surface area contributed by atoms with Gasteiger partial charge in [-0.3, -0.25) is 4.79 Å². The van der Waals surface area contributed by atoms with Gasteiger partial charge >= 0.3 is 0 Å². The molecule has 0 aromatic rings. The summed E-state index contributed by atoms with van der Waals surface area (Å²) >= 11 is 0. The molecule has 1 saturated heterocycles. The molecule has 2 aliphatic rings. The molecule has 0 aromatic carbocycles. The Bertz CT molecular complexity index is 207. The minimum atomic E-state index is -0.117. The molecule has 80 valence electrons. The number of amides is 1. The molecule has 1 aliphatic heterocycles. The molecule has 1 amide bonds. The Morgan fingerprint density at radius 3 is 2.21 bits per heavy atom. The maximum absolute atomic E-state index is 10.9. The highest BCUT2D eigenvalue weighted by molar-refractivity contribution is 5.76. The summed E-state index contributed by atoms with van der Waals surface area (Å²) in [5, 5.41) is 6.84. The van der Waals surface area contributed by atoms with Gasteiger partial charge in [0.2, 0.25) is 5.91 Å². The molecule has 0 bridgehead atoms. The minimum absolute atomic E-state index is 0.117. The largest absolute Gasteiger partial charge is 0.369 e. The van der Waals surface area contributed by atoms with Crippen molar-refractivity contribution < 1.29 is 4.79 Å². The van der Waals surface area contributed by atoms with E-state index in [2.05, 4.69) is 10.6 Å². The molecular formula is C10H19N3O. The highest BCUT2D eigenvalue weighted by Crippen LogP contribution is 2.24. The van der Waals surface area contributed by atoms with Crippen molar-refractivity contribution in [1.82, 2.24) is 10.6 Å². The number of carbonyl (C=O) groups excluding carboxylic acids is 1. The van der Waals surface area contributed by atoms with Gasteiger partial charge in [-0.2, -0.15) is 0 Å². The first kappa shape index (κ1) is 9.93. The predicted octanol–water partition coefficient (Wildman–Crippen LogP) is -0.408. The lowest BCUT2D eigenvalue weighted by Gasteiger charge is -2.35. The molecule has 1 heterocycles. The van der Waals surface area contributed by atoms with E-state index in [4.69, 9.17) is 5.73 Å². The Kier molecular flexibility index (Phi) is 3.03. The number of nitrogens with one attached hydrogen (secondary N) is 2. The van der Waals surface area contributed by atoms with Crippen molar-refractivity contribution in [2.45, 2.75) is 37.8 Å². The third-order valence-corrected chi connectivity index (χ3v) is 3.38. The Labute approximate surface area is 84.6 Å². The number of carbonyl (C=O) groups is 1. The van der Waals surface area contributed by atoms with Crippen molar-refractivity contribution in [2.75, 3.05) is 13.1 Å². The topological polar surface area (TPSA) is 67.2 Å². The maximum atomic E-state index is 10.9. The van der Waals surface area contributed by atoms with Crippen LogP contribution in [0.4, 0.5) is 0 Å². The zero-order chi connectivity index (χ0) is 9.97. The van der Waals surface area contributed by atoms with Crippen molar-refractivity contribution in [3.8, 4) is 0 Å². The van der Waals surface area contributed by atoms with Crippen LogP contribution in [0.5, 0.6) is 0 Å². The molecule has 0 radical (unpaired) electrons. The lowest BCUT2D eigenvalue weighted by Crippen LogP contribution is -2.58. The predicted molar refractivity (Wildman–Crippen MR) is 54.7 cm³/mol. The highest BCUT2D eigenvalue weighted by Gasteiger charge is 2.27. The van der Waals surface area contributed by atoms with E-state index in [-0.39, 0.29) is 11.8 Å².